The van der Waals surface area contributed by atoms with Crippen molar-refractivity contribution in [3.63, 3.8) is 0 Å². The molecule has 3 aliphatic rings. The molecule has 3 heterocycles. The van der Waals surface area contributed by atoms with E-state index in [2.05, 4.69) is 19.9 Å². The highest BCUT2D eigenvalue weighted by atomic mass is 16.6. The van der Waals surface area contributed by atoms with Crippen molar-refractivity contribution in [2.75, 3.05) is 37.7 Å². The summed E-state index contributed by atoms with van der Waals surface area (Å²) in [6, 6.07) is 4.07. The molecule has 0 aromatic carbocycles. The molecule has 0 unspecified atom stereocenters. The molecule has 3 fully saturated rings. The third-order valence-corrected chi connectivity index (χ3v) is 6.12. The lowest BCUT2D eigenvalue weighted by Crippen LogP contribution is -2.52. The van der Waals surface area contributed by atoms with Crippen LogP contribution in [0.2, 0.25) is 0 Å². The van der Waals surface area contributed by atoms with Gasteiger partial charge in [0.05, 0.1) is 36.8 Å². The van der Waals surface area contributed by atoms with Crippen LogP contribution in [0.25, 0.3) is 10.4 Å². The summed E-state index contributed by atoms with van der Waals surface area (Å²) in [6.45, 7) is 8.93. The third kappa shape index (κ3) is 5.05. The summed E-state index contributed by atoms with van der Waals surface area (Å²) in [5, 5.41) is 3.91. The van der Waals surface area contributed by atoms with Gasteiger partial charge in [-0.05, 0) is 70.0 Å². The highest BCUT2D eigenvalue weighted by molar-refractivity contribution is 5.69. The Kier molecular flexibility index (Phi) is 5.99. The van der Waals surface area contributed by atoms with Crippen LogP contribution in [-0.2, 0) is 15.0 Å². The quantitative estimate of drug-likeness (QED) is 0.383. The van der Waals surface area contributed by atoms with Gasteiger partial charge in [0, 0.05) is 24.5 Å². The first-order valence-electron chi connectivity index (χ1n) is 11.1. The minimum absolute atomic E-state index is 0.124. The van der Waals surface area contributed by atoms with E-state index in [4.69, 9.17) is 15.0 Å². The number of amides is 1. The second-order valence-corrected chi connectivity index (χ2v) is 9.93. The molecule has 1 aromatic heterocycles. The molecule has 1 atom stereocenters. The van der Waals surface area contributed by atoms with Gasteiger partial charge in [-0.2, -0.15) is 0 Å². The Morgan fingerprint density at radius 3 is 2.71 bits per heavy atom. The van der Waals surface area contributed by atoms with Crippen molar-refractivity contribution in [2.45, 2.75) is 63.6 Å². The van der Waals surface area contributed by atoms with Gasteiger partial charge >= 0.3 is 6.09 Å². The summed E-state index contributed by atoms with van der Waals surface area (Å²) in [6.07, 6.45) is 6.00. The van der Waals surface area contributed by atoms with Crippen LogP contribution >= 0.6 is 0 Å². The number of pyridine rings is 1. The van der Waals surface area contributed by atoms with Crippen LogP contribution < -0.4 is 4.90 Å². The summed E-state index contributed by atoms with van der Waals surface area (Å²) >= 11 is 0. The number of carbonyl (C=O) groups is 1. The molecule has 1 amide bonds. The number of piperidine rings is 1. The molecule has 2 aliphatic heterocycles. The standard InChI is InChI=1S/C22H32N6O3/c1-21(2,3)31-20(29)28(12-16-6-7-16)18-5-4-10-27(13-18)17-8-9-19(24-11-17)22(25-26-23)14-30-15-22/h8-9,11,16,18H,4-7,10,12-15H2,1-3H3/t18-/m1/s1. The molecule has 1 saturated carbocycles. The molecular weight excluding hydrogens is 396 g/mol. The van der Waals surface area contributed by atoms with E-state index in [1.807, 2.05) is 44.0 Å². The number of rotatable bonds is 6. The van der Waals surface area contributed by atoms with E-state index in [9.17, 15) is 4.79 Å². The lowest BCUT2D eigenvalue weighted by atomic mass is 9.93. The number of anilines is 1. The smallest absolute Gasteiger partial charge is 0.410 e. The molecule has 9 nitrogen and oxygen atoms in total. The number of hydrogen-bond donors (Lipinski definition) is 0. The Morgan fingerprint density at radius 2 is 2.16 bits per heavy atom. The van der Waals surface area contributed by atoms with E-state index in [0.717, 1.165) is 43.9 Å². The summed E-state index contributed by atoms with van der Waals surface area (Å²) in [5.41, 5.74) is 9.44. The van der Waals surface area contributed by atoms with Crippen LogP contribution in [0.3, 0.4) is 0 Å². The molecule has 31 heavy (non-hydrogen) atoms. The van der Waals surface area contributed by atoms with Crippen molar-refractivity contribution >= 4 is 11.8 Å². The predicted octanol–water partition coefficient (Wildman–Crippen LogP) is 4.23. The van der Waals surface area contributed by atoms with Crippen molar-refractivity contribution in [3.05, 3.63) is 34.5 Å². The first-order chi connectivity index (χ1) is 14.8. The Hall–Kier alpha value is -2.51. The highest BCUT2D eigenvalue weighted by Gasteiger charge is 2.41. The largest absolute Gasteiger partial charge is 0.444 e. The SMILES string of the molecule is CC(C)(C)OC(=O)N(CC1CC1)[C@@H]1CCCN(c2ccc(C3(N=[N+]=[N-])COC3)nc2)C1. The van der Waals surface area contributed by atoms with E-state index in [0.29, 0.717) is 19.1 Å². The van der Waals surface area contributed by atoms with Crippen molar-refractivity contribution < 1.29 is 14.3 Å². The van der Waals surface area contributed by atoms with E-state index in [1.165, 1.54) is 12.8 Å². The molecule has 4 rings (SSSR count). The number of hydrogen-bond acceptors (Lipinski definition) is 6. The fourth-order valence-electron chi connectivity index (χ4n) is 4.20. The molecule has 9 heteroatoms. The third-order valence-electron chi connectivity index (χ3n) is 6.12. The Labute approximate surface area is 183 Å². The number of azide groups is 1. The predicted molar refractivity (Wildman–Crippen MR) is 117 cm³/mol. The second kappa shape index (κ2) is 8.55. The molecule has 2 saturated heterocycles. The lowest BCUT2D eigenvalue weighted by Gasteiger charge is -2.41. The normalized spacial score (nSPS) is 22.8. The van der Waals surface area contributed by atoms with Crippen molar-refractivity contribution in [2.24, 2.45) is 11.0 Å². The fourth-order valence-corrected chi connectivity index (χ4v) is 4.20. The van der Waals surface area contributed by atoms with Crippen LogP contribution in [0.4, 0.5) is 10.5 Å². The Morgan fingerprint density at radius 1 is 1.39 bits per heavy atom. The van der Waals surface area contributed by atoms with E-state index in [1.54, 1.807) is 0 Å². The average molecular weight is 429 g/mol. The minimum Gasteiger partial charge on any atom is -0.444 e. The van der Waals surface area contributed by atoms with Gasteiger partial charge in [-0.1, -0.05) is 5.11 Å². The highest BCUT2D eigenvalue weighted by Crippen LogP contribution is 2.35. The molecule has 0 radical (unpaired) electrons. The van der Waals surface area contributed by atoms with E-state index < -0.39 is 11.1 Å². The first kappa shape index (κ1) is 21.7. The zero-order valence-electron chi connectivity index (χ0n) is 18.7. The number of aromatic nitrogens is 1. The summed E-state index contributed by atoms with van der Waals surface area (Å²) in [4.78, 5) is 24.7. The van der Waals surface area contributed by atoms with Gasteiger partial charge in [-0.15, -0.1) is 0 Å². The van der Waals surface area contributed by atoms with Crippen LogP contribution in [0.1, 0.15) is 52.1 Å². The second-order valence-electron chi connectivity index (χ2n) is 9.93. The van der Waals surface area contributed by atoms with Gasteiger partial charge in [-0.25, -0.2) is 4.79 Å². The summed E-state index contributed by atoms with van der Waals surface area (Å²) in [7, 11) is 0. The summed E-state index contributed by atoms with van der Waals surface area (Å²) < 4.78 is 11.0. The number of ether oxygens (including phenoxy) is 2. The van der Waals surface area contributed by atoms with Crippen LogP contribution in [0.5, 0.6) is 0 Å². The van der Waals surface area contributed by atoms with Crippen LogP contribution in [-0.4, -0.2) is 60.5 Å². The van der Waals surface area contributed by atoms with Crippen LogP contribution in [0, 0.1) is 5.92 Å². The molecule has 1 aromatic rings. The maximum atomic E-state index is 12.9. The molecule has 0 N–H and O–H groups in total. The molecular formula is C22H32N6O3. The molecule has 0 spiro atoms. The van der Waals surface area contributed by atoms with Crippen molar-refractivity contribution in [1.82, 2.24) is 9.88 Å². The lowest BCUT2D eigenvalue weighted by molar-refractivity contribution is -0.0585. The molecule has 0 bridgehead atoms. The fraction of sp³-hybridized carbons (Fsp3) is 0.727. The maximum absolute atomic E-state index is 12.9. The number of carbonyl (C=O) groups excluding carboxylic acids is 1. The summed E-state index contributed by atoms with van der Waals surface area (Å²) in [5.74, 6) is 0.602. The van der Waals surface area contributed by atoms with Crippen molar-refractivity contribution in [1.29, 1.82) is 0 Å². The minimum atomic E-state index is -0.685. The van der Waals surface area contributed by atoms with E-state index in [-0.39, 0.29) is 12.1 Å². The molecule has 1 aliphatic carbocycles. The monoisotopic (exact) mass is 428 g/mol. The van der Waals surface area contributed by atoms with Gasteiger partial charge in [0.25, 0.3) is 0 Å². The van der Waals surface area contributed by atoms with Gasteiger partial charge in [0.15, 0.2) is 0 Å². The Bertz CT molecular complexity index is 838. The van der Waals surface area contributed by atoms with Gasteiger partial charge in [0.1, 0.15) is 11.1 Å². The average Bonchev–Trinajstić information content (AvgIpc) is 3.52. The van der Waals surface area contributed by atoms with Crippen LogP contribution in [0.15, 0.2) is 23.4 Å². The van der Waals surface area contributed by atoms with E-state index >= 15 is 0 Å². The maximum Gasteiger partial charge on any atom is 0.410 e. The van der Waals surface area contributed by atoms with Gasteiger partial charge < -0.3 is 19.3 Å². The first-order valence-corrected chi connectivity index (χ1v) is 11.1. The Balaban J connectivity index is 1.46. The van der Waals surface area contributed by atoms with Crippen molar-refractivity contribution in [3.8, 4) is 0 Å². The topological polar surface area (TPSA) is 104 Å². The van der Waals surface area contributed by atoms with Gasteiger partial charge in [-0.3, -0.25) is 4.98 Å². The zero-order valence-corrected chi connectivity index (χ0v) is 18.7. The zero-order chi connectivity index (χ0) is 22.1. The van der Waals surface area contributed by atoms with Gasteiger partial charge in [0.2, 0.25) is 0 Å². The molecule has 168 valence electrons. The number of nitrogens with zero attached hydrogens (tertiary/aromatic N) is 6.